The number of urea groups is 1. The number of carboxylic acids is 1. The molecule has 2 rings (SSSR count). The van der Waals surface area contributed by atoms with E-state index in [2.05, 4.69) is 11.9 Å². The summed E-state index contributed by atoms with van der Waals surface area (Å²) in [4.78, 5) is 24.7. The van der Waals surface area contributed by atoms with Crippen LogP contribution >= 0.6 is 11.6 Å². The van der Waals surface area contributed by atoms with Gasteiger partial charge in [0.2, 0.25) is 0 Å². The largest absolute Gasteiger partial charge is 0.480 e. The van der Waals surface area contributed by atoms with Crippen LogP contribution in [0.1, 0.15) is 11.1 Å². The first-order valence-electron chi connectivity index (χ1n) is 6.16. The Morgan fingerprint density at radius 2 is 2.05 bits per heavy atom. The van der Waals surface area contributed by atoms with Crippen LogP contribution in [0, 0.1) is 0 Å². The van der Waals surface area contributed by atoms with E-state index in [0.717, 1.165) is 11.1 Å². The highest BCUT2D eigenvalue weighted by atomic mass is 35.5. The van der Waals surface area contributed by atoms with Gasteiger partial charge in [0, 0.05) is 18.0 Å². The lowest BCUT2D eigenvalue weighted by Gasteiger charge is -2.34. The summed E-state index contributed by atoms with van der Waals surface area (Å²) in [6.45, 7) is 3.87. The summed E-state index contributed by atoms with van der Waals surface area (Å²) in [5.74, 6) is -1.01. The van der Waals surface area contributed by atoms with Crippen LogP contribution in [0.5, 0.6) is 0 Å². The maximum absolute atomic E-state index is 12.1. The van der Waals surface area contributed by atoms with E-state index in [1.54, 1.807) is 0 Å². The molecule has 106 valence electrons. The lowest BCUT2D eigenvalue weighted by atomic mass is 9.94. The van der Waals surface area contributed by atoms with Gasteiger partial charge in [-0.05, 0) is 11.1 Å². The van der Waals surface area contributed by atoms with Gasteiger partial charge in [0.15, 0.2) is 0 Å². The number of halogens is 1. The molecule has 2 amide bonds. The van der Waals surface area contributed by atoms with Gasteiger partial charge in [-0.25, -0.2) is 9.59 Å². The standard InChI is InChI=1S/C14H15ClN2O3/c1-9(15)7-16-14(20)17-8-11-5-3-2-4-10(11)6-12(17)13(18)19/h2-5,12H,1,6-8H2,(H,16,20)(H,18,19). The molecule has 20 heavy (non-hydrogen) atoms. The number of hydrogen-bond donors (Lipinski definition) is 2. The van der Waals surface area contributed by atoms with Crippen molar-refractivity contribution in [2.75, 3.05) is 6.54 Å². The molecule has 0 fully saturated rings. The zero-order valence-corrected chi connectivity index (χ0v) is 11.6. The summed E-state index contributed by atoms with van der Waals surface area (Å²) >= 11 is 5.60. The zero-order valence-electron chi connectivity index (χ0n) is 10.8. The SMILES string of the molecule is C=C(Cl)CNC(=O)N1Cc2ccccc2CC1C(=O)O. The molecular weight excluding hydrogens is 280 g/mol. The first-order chi connectivity index (χ1) is 9.49. The Bertz CT molecular complexity index is 559. The Kier molecular flexibility index (Phi) is 4.29. The lowest BCUT2D eigenvalue weighted by molar-refractivity contribution is -0.142. The third-order valence-corrected chi connectivity index (χ3v) is 3.36. The topological polar surface area (TPSA) is 69.6 Å². The fourth-order valence-electron chi connectivity index (χ4n) is 2.23. The van der Waals surface area contributed by atoms with Crippen molar-refractivity contribution in [2.45, 2.75) is 19.0 Å². The highest BCUT2D eigenvalue weighted by Crippen LogP contribution is 2.23. The predicted octanol–water partition coefficient (Wildman–Crippen LogP) is 1.96. The van der Waals surface area contributed by atoms with Crippen molar-refractivity contribution in [3.63, 3.8) is 0 Å². The van der Waals surface area contributed by atoms with Crippen LogP contribution in [0.25, 0.3) is 0 Å². The number of carboxylic acid groups (broad SMARTS) is 1. The maximum atomic E-state index is 12.1. The van der Waals surface area contributed by atoms with Gasteiger partial charge in [0.25, 0.3) is 0 Å². The third kappa shape index (κ3) is 3.11. The molecule has 1 aromatic rings. The zero-order chi connectivity index (χ0) is 14.7. The van der Waals surface area contributed by atoms with E-state index in [4.69, 9.17) is 11.6 Å². The quantitative estimate of drug-likeness (QED) is 0.895. The van der Waals surface area contributed by atoms with Crippen LogP contribution in [-0.2, 0) is 17.8 Å². The molecule has 0 saturated carbocycles. The number of carbonyl (C=O) groups excluding carboxylic acids is 1. The molecule has 1 aliphatic heterocycles. The van der Waals surface area contributed by atoms with Crippen molar-refractivity contribution in [1.29, 1.82) is 0 Å². The van der Waals surface area contributed by atoms with Crippen LogP contribution in [0.4, 0.5) is 4.79 Å². The Morgan fingerprint density at radius 1 is 1.40 bits per heavy atom. The molecule has 0 spiro atoms. The van der Waals surface area contributed by atoms with Crippen LogP contribution in [0.15, 0.2) is 35.9 Å². The number of carbonyl (C=O) groups is 2. The molecule has 5 nitrogen and oxygen atoms in total. The van der Waals surface area contributed by atoms with Crippen molar-refractivity contribution in [1.82, 2.24) is 10.2 Å². The molecule has 0 bridgehead atoms. The number of hydrogen-bond acceptors (Lipinski definition) is 2. The van der Waals surface area contributed by atoms with Crippen molar-refractivity contribution in [3.05, 3.63) is 47.0 Å². The molecule has 0 aliphatic carbocycles. The molecule has 1 aromatic carbocycles. The minimum atomic E-state index is -1.01. The minimum Gasteiger partial charge on any atom is -0.480 e. The van der Waals surface area contributed by atoms with Crippen molar-refractivity contribution in [2.24, 2.45) is 0 Å². The van der Waals surface area contributed by atoms with E-state index in [-0.39, 0.29) is 13.1 Å². The molecule has 6 heteroatoms. The highest BCUT2D eigenvalue weighted by Gasteiger charge is 2.34. The number of rotatable bonds is 3. The van der Waals surface area contributed by atoms with E-state index in [9.17, 15) is 14.7 Å². The van der Waals surface area contributed by atoms with E-state index < -0.39 is 18.0 Å². The Balaban J connectivity index is 2.20. The normalized spacial score (nSPS) is 17.2. The number of aliphatic carboxylic acids is 1. The van der Waals surface area contributed by atoms with Crippen molar-refractivity contribution >= 4 is 23.6 Å². The van der Waals surface area contributed by atoms with Gasteiger partial charge < -0.3 is 15.3 Å². The van der Waals surface area contributed by atoms with E-state index >= 15 is 0 Å². The molecule has 1 aliphatic rings. The lowest BCUT2D eigenvalue weighted by Crippen LogP contribution is -2.52. The number of nitrogens with zero attached hydrogens (tertiary/aromatic N) is 1. The van der Waals surface area contributed by atoms with E-state index in [1.165, 1.54) is 4.90 Å². The van der Waals surface area contributed by atoms with Crippen molar-refractivity contribution in [3.8, 4) is 0 Å². The Labute approximate surface area is 121 Å². The summed E-state index contributed by atoms with van der Waals surface area (Å²) in [7, 11) is 0. The second-order valence-corrected chi connectivity index (χ2v) is 5.17. The van der Waals surface area contributed by atoms with Gasteiger partial charge in [0.05, 0.1) is 6.54 Å². The summed E-state index contributed by atoms with van der Waals surface area (Å²) in [5.41, 5.74) is 1.93. The fourth-order valence-corrected chi connectivity index (χ4v) is 2.30. The average Bonchev–Trinajstić information content (AvgIpc) is 2.43. The molecule has 1 unspecified atom stereocenters. The fraction of sp³-hybridized carbons (Fsp3) is 0.286. The van der Waals surface area contributed by atoms with Crippen LogP contribution in [0.2, 0.25) is 0 Å². The van der Waals surface area contributed by atoms with Gasteiger partial charge in [-0.15, -0.1) is 0 Å². The summed E-state index contributed by atoms with van der Waals surface area (Å²) in [5, 5.41) is 12.1. The smallest absolute Gasteiger partial charge is 0.326 e. The maximum Gasteiger partial charge on any atom is 0.326 e. The van der Waals surface area contributed by atoms with Crippen LogP contribution in [0.3, 0.4) is 0 Å². The van der Waals surface area contributed by atoms with Gasteiger partial charge in [0.1, 0.15) is 6.04 Å². The molecule has 0 aromatic heterocycles. The molecule has 0 saturated heterocycles. The monoisotopic (exact) mass is 294 g/mol. The van der Waals surface area contributed by atoms with Gasteiger partial charge >= 0.3 is 12.0 Å². The summed E-state index contributed by atoms with van der Waals surface area (Å²) in [6, 6.07) is 6.21. The second kappa shape index (κ2) is 5.96. The second-order valence-electron chi connectivity index (χ2n) is 4.63. The minimum absolute atomic E-state index is 0.116. The predicted molar refractivity (Wildman–Crippen MR) is 75.5 cm³/mol. The molecule has 1 heterocycles. The summed E-state index contributed by atoms with van der Waals surface area (Å²) < 4.78 is 0. The average molecular weight is 295 g/mol. The highest BCUT2D eigenvalue weighted by molar-refractivity contribution is 6.29. The molecular formula is C14H15ClN2O3. The first-order valence-corrected chi connectivity index (χ1v) is 6.54. The number of nitrogens with one attached hydrogen (secondary N) is 1. The number of fused-ring (bicyclic) bond motifs is 1. The Morgan fingerprint density at radius 3 is 2.65 bits per heavy atom. The third-order valence-electron chi connectivity index (χ3n) is 3.23. The number of benzene rings is 1. The van der Waals surface area contributed by atoms with Gasteiger partial charge in [-0.3, -0.25) is 0 Å². The van der Waals surface area contributed by atoms with E-state index in [0.29, 0.717) is 11.5 Å². The van der Waals surface area contributed by atoms with Crippen LogP contribution < -0.4 is 5.32 Å². The van der Waals surface area contributed by atoms with E-state index in [1.807, 2.05) is 24.3 Å². The Hall–Kier alpha value is -2.01. The number of amides is 2. The molecule has 1 atom stereocenters. The van der Waals surface area contributed by atoms with Gasteiger partial charge in [-0.1, -0.05) is 42.4 Å². The molecule has 0 radical (unpaired) electrons. The van der Waals surface area contributed by atoms with Crippen molar-refractivity contribution < 1.29 is 14.7 Å². The first kappa shape index (κ1) is 14.4. The van der Waals surface area contributed by atoms with Gasteiger partial charge in [-0.2, -0.15) is 0 Å². The molecule has 2 N–H and O–H groups in total. The van der Waals surface area contributed by atoms with Crippen LogP contribution in [-0.4, -0.2) is 34.6 Å². The summed E-state index contributed by atoms with van der Waals surface area (Å²) in [6.07, 6.45) is 0.306.